The van der Waals surface area contributed by atoms with Crippen molar-refractivity contribution >= 4 is 0 Å². The van der Waals surface area contributed by atoms with Crippen LogP contribution in [0.4, 0.5) is 0 Å². The van der Waals surface area contributed by atoms with E-state index in [1.165, 1.54) is 18.4 Å². The minimum atomic E-state index is -0.0562. The van der Waals surface area contributed by atoms with Gasteiger partial charge in [0.25, 0.3) is 0 Å². The zero-order valence-corrected chi connectivity index (χ0v) is 8.01. The van der Waals surface area contributed by atoms with Crippen LogP contribution >= 0.6 is 0 Å². The highest BCUT2D eigenvalue weighted by molar-refractivity contribution is 5.23. The first-order valence-corrected chi connectivity index (χ1v) is 5.05. The van der Waals surface area contributed by atoms with Crippen molar-refractivity contribution < 1.29 is 5.11 Å². The first-order chi connectivity index (χ1) is 5.68. The molecule has 2 aliphatic rings. The quantitative estimate of drug-likeness (QED) is 0.548. The summed E-state index contributed by atoms with van der Waals surface area (Å²) in [5.41, 5.74) is 3.15. The highest BCUT2D eigenvalue weighted by atomic mass is 16.3. The molecule has 0 aromatic heterocycles. The van der Waals surface area contributed by atoms with Crippen LogP contribution in [0.5, 0.6) is 0 Å². The molecule has 1 nitrogen and oxygen atoms in total. The first-order valence-electron chi connectivity index (χ1n) is 5.05. The highest BCUT2D eigenvalue weighted by Crippen LogP contribution is 2.44. The van der Waals surface area contributed by atoms with Gasteiger partial charge in [0.2, 0.25) is 0 Å². The summed E-state index contributed by atoms with van der Waals surface area (Å²) < 4.78 is 0. The Morgan fingerprint density at radius 1 is 1.42 bits per heavy atom. The molecule has 0 radical (unpaired) electrons. The molecule has 68 valence electrons. The molecule has 0 heterocycles. The Morgan fingerprint density at radius 3 is 2.92 bits per heavy atom. The molecule has 1 N–H and O–H groups in total. The second-order valence-corrected chi connectivity index (χ2v) is 4.52. The van der Waals surface area contributed by atoms with E-state index in [1.807, 2.05) is 0 Å². The average molecular weight is 166 g/mol. The number of aliphatic hydroxyl groups excluding tert-OH is 1. The molecule has 0 amide bonds. The SMILES string of the molecule is CC1=C2CCC(C)C2CC(O)C1. The Balaban J connectivity index is 2.26. The van der Waals surface area contributed by atoms with Gasteiger partial charge in [-0.15, -0.1) is 0 Å². The normalized spacial score (nSPS) is 41.8. The molecule has 0 aromatic rings. The van der Waals surface area contributed by atoms with Crippen molar-refractivity contribution in [3.8, 4) is 0 Å². The summed E-state index contributed by atoms with van der Waals surface area (Å²) in [7, 11) is 0. The molecule has 0 saturated heterocycles. The molecular formula is C11H18O. The third kappa shape index (κ3) is 1.20. The standard InChI is InChI=1S/C11H18O/c1-7-3-4-10-8(2)5-9(12)6-11(7)10/h7,9,11-12H,3-6H2,1-2H3. The van der Waals surface area contributed by atoms with Gasteiger partial charge in [-0.1, -0.05) is 18.1 Å². The van der Waals surface area contributed by atoms with E-state index in [9.17, 15) is 5.11 Å². The van der Waals surface area contributed by atoms with Crippen molar-refractivity contribution in [1.82, 2.24) is 0 Å². The fourth-order valence-electron chi connectivity index (χ4n) is 2.88. The summed E-state index contributed by atoms with van der Waals surface area (Å²) in [5.74, 6) is 1.53. The van der Waals surface area contributed by atoms with Crippen LogP contribution in [0.15, 0.2) is 11.1 Å². The molecular weight excluding hydrogens is 148 g/mol. The van der Waals surface area contributed by atoms with Crippen LogP contribution in [0.3, 0.4) is 0 Å². The van der Waals surface area contributed by atoms with E-state index in [4.69, 9.17) is 0 Å². The Hall–Kier alpha value is -0.300. The maximum atomic E-state index is 9.61. The second kappa shape index (κ2) is 2.88. The minimum Gasteiger partial charge on any atom is -0.393 e. The maximum Gasteiger partial charge on any atom is 0.0583 e. The summed E-state index contributed by atoms with van der Waals surface area (Å²) >= 11 is 0. The largest absolute Gasteiger partial charge is 0.393 e. The summed E-state index contributed by atoms with van der Waals surface area (Å²) in [5, 5.41) is 9.61. The van der Waals surface area contributed by atoms with E-state index in [0.29, 0.717) is 5.92 Å². The van der Waals surface area contributed by atoms with Crippen LogP contribution in [0.1, 0.15) is 39.5 Å². The van der Waals surface area contributed by atoms with Crippen molar-refractivity contribution in [3.05, 3.63) is 11.1 Å². The van der Waals surface area contributed by atoms with Gasteiger partial charge in [-0.3, -0.25) is 0 Å². The van der Waals surface area contributed by atoms with E-state index in [0.717, 1.165) is 18.8 Å². The third-order valence-corrected chi connectivity index (χ3v) is 3.62. The fraction of sp³-hybridized carbons (Fsp3) is 0.818. The Bertz CT molecular complexity index is 217. The number of rotatable bonds is 0. The number of allylic oxidation sites excluding steroid dienone is 1. The topological polar surface area (TPSA) is 20.2 Å². The van der Waals surface area contributed by atoms with Crippen LogP contribution in [0.25, 0.3) is 0 Å². The highest BCUT2D eigenvalue weighted by Gasteiger charge is 2.34. The molecule has 1 heteroatoms. The van der Waals surface area contributed by atoms with Gasteiger partial charge in [-0.2, -0.15) is 0 Å². The van der Waals surface area contributed by atoms with Crippen LogP contribution in [-0.2, 0) is 0 Å². The third-order valence-electron chi connectivity index (χ3n) is 3.62. The van der Waals surface area contributed by atoms with E-state index in [-0.39, 0.29) is 6.10 Å². The average Bonchev–Trinajstić information content (AvgIpc) is 2.33. The molecule has 0 aromatic carbocycles. The van der Waals surface area contributed by atoms with Gasteiger partial charge < -0.3 is 5.11 Å². The van der Waals surface area contributed by atoms with Crippen molar-refractivity contribution in [2.45, 2.75) is 45.6 Å². The van der Waals surface area contributed by atoms with Crippen molar-refractivity contribution in [3.63, 3.8) is 0 Å². The Kier molecular flexibility index (Phi) is 1.99. The van der Waals surface area contributed by atoms with E-state index in [2.05, 4.69) is 13.8 Å². The molecule has 2 aliphatic carbocycles. The summed E-state index contributed by atoms with van der Waals surface area (Å²) in [6.45, 7) is 4.52. The lowest BCUT2D eigenvalue weighted by Crippen LogP contribution is -2.22. The lowest BCUT2D eigenvalue weighted by atomic mass is 9.80. The van der Waals surface area contributed by atoms with Crippen LogP contribution in [-0.4, -0.2) is 11.2 Å². The van der Waals surface area contributed by atoms with Crippen molar-refractivity contribution in [1.29, 1.82) is 0 Å². The monoisotopic (exact) mass is 166 g/mol. The smallest absolute Gasteiger partial charge is 0.0583 e. The van der Waals surface area contributed by atoms with Gasteiger partial charge in [0, 0.05) is 0 Å². The minimum absolute atomic E-state index is 0.0562. The molecule has 12 heavy (non-hydrogen) atoms. The van der Waals surface area contributed by atoms with Gasteiger partial charge in [-0.05, 0) is 44.4 Å². The fourth-order valence-corrected chi connectivity index (χ4v) is 2.88. The Labute approximate surface area is 74.5 Å². The van der Waals surface area contributed by atoms with Gasteiger partial charge >= 0.3 is 0 Å². The number of hydrogen-bond acceptors (Lipinski definition) is 1. The molecule has 1 saturated carbocycles. The predicted octanol–water partition coefficient (Wildman–Crippen LogP) is 2.50. The van der Waals surface area contributed by atoms with E-state index >= 15 is 0 Å². The molecule has 0 aliphatic heterocycles. The molecule has 2 rings (SSSR count). The maximum absolute atomic E-state index is 9.61. The number of hydrogen-bond donors (Lipinski definition) is 1. The van der Waals surface area contributed by atoms with Gasteiger partial charge in [-0.25, -0.2) is 0 Å². The second-order valence-electron chi connectivity index (χ2n) is 4.52. The summed E-state index contributed by atoms with van der Waals surface area (Å²) in [4.78, 5) is 0. The molecule has 3 atom stereocenters. The lowest BCUT2D eigenvalue weighted by molar-refractivity contribution is 0.132. The summed E-state index contributed by atoms with van der Waals surface area (Å²) in [6, 6.07) is 0. The van der Waals surface area contributed by atoms with Crippen LogP contribution in [0, 0.1) is 11.8 Å². The van der Waals surface area contributed by atoms with Crippen LogP contribution in [0.2, 0.25) is 0 Å². The molecule has 3 unspecified atom stereocenters. The first kappa shape index (κ1) is 8.31. The van der Waals surface area contributed by atoms with E-state index < -0.39 is 0 Å². The zero-order valence-electron chi connectivity index (χ0n) is 8.01. The predicted molar refractivity (Wildman–Crippen MR) is 49.8 cm³/mol. The van der Waals surface area contributed by atoms with Crippen LogP contribution < -0.4 is 0 Å². The van der Waals surface area contributed by atoms with Crippen molar-refractivity contribution in [2.75, 3.05) is 0 Å². The van der Waals surface area contributed by atoms with E-state index in [1.54, 1.807) is 5.57 Å². The lowest BCUT2D eigenvalue weighted by Gasteiger charge is -2.28. The van der Waals surface area contributed by atoms with Crippen molar-refractivity contribution in [2.24, 2.45) is 11.8 Å². The van der Waals surface area contributed by atoms with Gasteiger partial charge in [0.05, 0.1) is 6.10 Å². The number of aliphatic hydroxyl groups is 1. The Morgan fingerprint density at radius 2 is 2.17 bits per heavy atom. The van der Waals surface area contributed by atoms with Gasteiger partial charge in [0.1, 0.15) is 0 Å². The van der Waals surface area contributed by atoms with Gasteiger partial charge in [0.15, 0.2) is 0 Å². The number of fused-ring (bicyclic) bond motifs is 1. The zero-order chi connectivity index (χ0) is 8.72. The molecule has 0 spiro atoms. The summed E-state index contributed by atoms with van der Waals surface area (Å²) in [6.07, 6.45) is 4.53. The molecule has 1 fully saturated rings. The molecule has 0 bridgehead atoms.